The van der Waals surface area contributed by atoms with Crippen LogP contribution >= 0.6 is 23.4 Å². The van der Waals surface area contributed by atoms with Crippen molar-refractivity contribution in [1.29, 1.82) is 0 Å². The third-order valence-corrected chi connectivity index (χ3v) is 4.64. The van der Waals surface area contributed by atoms with E-state index in [1.54, 1.807) is 11.8 Å². The number of benzene rings is 1. The maximum atomic E-state index is 11.9. The molecule has 0 aliphatic heterocycles. The minimum absolute atomic E-state index is 0.0395. The van der Waals surface area contributed by atoms with Gasteiger partial charge in [-0.15, -0.1) is 11.8 Å². The quantitative estimate of drug-likeness (QED) is 0.847. The lowest BCUT2D eigenvalue weighted by atomic mass is 10.2. The highest BCUT2D eigenvalue weighted by atomic mass is 35.5. The molecule has 1 aliphatic rings. The van der Waals surface area contributed by atoms with Gasteiger partial charge in [0.2, 0.25) is 11.8 Å². The largest absolute Gasteiger partial charge is 0.338 e. The number of hydrogen-bond donors (Lipinski definition) is 1. The lowest BCUT2D eigenvalue weighted by Crippen LogP contribution is -2.12. The van der Waals surface area contributed by atoms with Gasteiger partial charge in [0.25, 0.3) is 0 Å². The zero-order chi connectivity index (χ0) is 14.7. The van der Waals surface area contributed by atoms with E-state index in [4.69, 9.17) is 16.1 Å². The Morgan fingerprint density at radius 2 is 2.14 bits per heavy atom. The second kappa shape index (κ2) is 6.54. The number of aryl methyl sites for hydroxylation is 1. The number of halogens is 1. The monoisotopic (exact) mass is 322 g/mol. The van der Waals surface area contributed by atoms with E-state index in [-0.39, 0.29) is 5.91 Å². The van der Waals surface area contributed by atoms with Gasteiger partial charge in [-0.2, -0.15) is 0 Å². The van der Waals surface area contributed by atoms with E-state index in [0.29, 0.717) is 18.1 Å². The number of anilines is 1. The molecule has 110 valence electrons. The molecule has 0 saturated carbocycles. The lowest BCUT2D eigenvalue weighted by molar-refractivity contribution is -0.115. The van der Waals surface area contributed by atoms with Gasteiger partial charge >= 0.3 is 0 Å². The summed E-state index contributed by atoms with van der Waals surface area (Å²) >= 11 is 7.46. The minimum Gasteiger partial charge on any atom is -0.338 e. The van der Waals surface area contributed by atoms with Crippen molar-refractivity contribution in [2.45, 2.75) is 30.6 Å². The number of rotatable bonds is 5. The number of carbonyl (C=O) groups excluding carboxylic acids is 1. The van der Waals surface area contributed by atoms with Gasteiger partial charge in [0.15, 0.2) is 0 Å². The summed E-state index contributed by atoms with van der Waals surface area (Å²) in [5.74, 6) is 1.20. The first-order valence-electron chi connectivity index (χ1n) is 6.88. The second-order valence-electron chi connectivity index (χ2n) is 4.89. The van der Waals surface area contributed by atoms with E-state index < -0.39 is 0 Å². The van der Waals surface area contributed by atoms with Gasteiger partial charge in [-0.3, -0.25) is 10.1 Å². The Kier molecular flexibility index (Phi) is 4.51. The Morgan fingerprint density at radius 3 is 2.95 bits per heavy atom. The van der Waals surface area contributed by atoms with Gasteiger partial charge in [-0.25, -0.2) is 0 Å². The Labute approximate surface area is 132 Å². The number of thioether (sulfide) groups is 1. The van der Waals surface area contributed by atoms with Crippen LogP contribution in [-0.2, 0) is 17.6 Å². The van der Waals surface area contributed by atoms with Crippen LogP contribution in [0, 0.1) is 0 Å². The molecular formula is C15H15ClN2O2S. The van der Waals surface area contributed by atoms with Crippen LogP contribution in [0.15, 0.2) is 33.7 Å². The normalized spacial score (nSPS) is 13.2. The lowest BCUT2D eigenvalue weighted by Gasteiger charge is -2.03. The van der Waals surface area contributed by atoms with E-state index in [2.05, 4.69) is 10.5 Å². The molecule has 0 bridgehead atoms. The van der Waals surface area contributed by atoms with E-state index in [1.165, 1.54) is 0 Å². The van der Waals surface area contributed by atoms with Crippen molar-refractivity contribution in [3.05, 3.63) is 40.5 Å². The zero-order valence-electron chi connectivity index (χ0n) is 11.4. The van der Waals surface area contributed by atoms with Crippen LogP contribution in [0.25, 0.3) is 0 Å². The molecule has 0 unspecified atom stereocenters. The van der Waals surface area contributed by atoms with Crippen LogP contribution in [-0.4, -0.2) is 16.8 Å². The van der Waals surface area contributed by atoms with E-state index in [0.717, 1.165) is 40.4 Å². The number of nitrogens with zero attached hydrogens (tertiary/aromatic N) is 1. The Balaban J connectivity index is 1.47. The zero-order valence-corrected chi connectivity index (χ0v) is 13.0. The summed E-state index contributed by atoms with van der Waals surface area (Å²) < 4.78 is 5.18. The van der Waals surface area contributed by atoms with Crippen LogP contribution in [0.4, 0.5) is 5.88 Å². The number of aromatic nitrogens is 1. The summed E-state index contributed by atoms with van der Waals surface area (Å²) in [7, 11) is 0. The standard InChI is InChI=1S/C15H15ClN2O2S/c16-10-4-6-11(7-5-10)21-9-8-14(19)17-15-12-2-1-3-13(12)18-20-15/h4-7H,1-3,8-9H2,(H,17,19). The first kappa shape index (κ1) is 14.5. The van der Waals surface area contributed by atoms with Crippen molar-refractivity contribution in [3.63, 3.8) is 0 Å². The Bertz CT molecular complexity index is 640. The van der Waals surface area contributed by atoms with Crippen molar-refractivity contribution >= 4 is 35.2 Å². The Morgan fingerprint density at radius 1 is 1.33 bits per heavy atom. The molecule has 1 aromatic heterocycles. The number of hydrogen-bond acceptors (Lipinski definition) is 4. The van der Waals surface area contributed by atoms with Gasteiger partial charge in [0.1, 0.15) is 0 Å². The summed E-state index contributed by atoms with van der Waals surface area (Å²) in [5.41, 5.74) is 2.05. The molecule has 1 amide bonds. The minimum atomic E-state index is -0.0395. The van der Waals surface area contributed by atoms with Crippen LogP contribution < -0.4 is 5.32 Å². The molecule has 0 atom stereocenters. The van der Waals surface area contributed by atoms with Crippen molar-refractivity contribution < 1.29 is 9.32 Å². The highest BCUT2D eigenvalue weighted by Crippen LogP contribution is 2.28. The van der Waals surface area contributed by atoms with Gasteiger partial charge in [-0.1, -0.05) is 16.8 Å². The predicted octanol–water partition coefficient (Wildman–Crippen LogP) is 3.94. The molecule has 6 heteroatoms. The highest BCUT2D eigenvalue weighted by Gasteiger charge is 2.21. The Hall–Kier alpha value is -1.46. The molecular weight excluding hydrogens is 308 g/mol. The van der Waals surface area contributed by atoms with Gasteiger partial charge in [-0.05, 0) is 43.5 Å². The third kappa shape index (κ3) is 3.60. The average Bonchev–Trinajstić information content (AvgIpc) is 3.06. The molecule has 1 aliphatic carbocycles. The molecule has 1 N–H and O–H groups in total. The molecule has 4 nitrogen and oxygen atoms in total. The fourth-order valence-electron chi connectivity index (χ4n) is 2.31. The molecule has 1 heterocycles. The van der Waals surface area contributed by atoms with Crippen molar-refractivity contribution in [2.75, 3.05) is 11.1 Å². The van der Waals surface area contributed by atoms with Crippen molar-refractivity contribution in [2.24, 2.45) is 0 Å². The third-order valence-electron chi connectivity index (χ3n) is 3.37. The van der Waals surface area contributed by atoms with E-state index >= 15 is 0 Å². The predicted molar refractivity (Wildman–Crippen MR) is 84.0 cm³/mol. The summed E-state index contributed by atoms with van der Waals surface area (Å²) in [6, 6.07) is 7.60. The van der Waals surface area contributed by atoms with Crippen molar-refractivity contribution in [3.8, 4) is 0 Å². The first-order chi connectivity index (χ1) is 10.2. The average molecular weight is 323 g/mol. The van der Waals surface area contributed by atoms with Crippen LogP contribution in [0.3, 0.4) is 0 Å². The molecule has 0 spiro atoms. The first-order valence-corrected chi connectivity index (χ1v) is 8.24. The van der Waals surface area contributed by atoms with Crippen LogP contribution in [0.5, 0.6) is 0 Å². The SMILES string of the molecule is O=C(CCSc1ccc(Cl)cc1)Nc1onc2c1CCC2. The molecule has 21 heavy (non-hydrogen) atoms. The van der Waals surface area contributed by atoms with Gasteiger partial charge < -0.3 is 4.52 Å². The molecule has 2 aromatic rings. The maximum Gasteiger partial charge on any atom is 0.234 e. The summed E-state index contributed by atoms with van der Waals surface area (Å²) in [6.45, 7) is 0. The van der Waals surface area contributed by atoms with E-state index in [1.807, 2.05) is 24.3 Å². The highest BCUT2D eigenvalue weighted by molar-refractivity contribution is 7.99. The second-order valence-corrected chi connectivity index (χ2v) is 6.50. The fourth-order valence-corrected chi connectivity index (χ4v) is 3.29. The summed E-state index contributed by atoms with van der Waals surface area (Å²) in [4.78, 5) is 13.0. The summed E-state index contributed by atoms with van der Waals surface area (Å²) in [5, 5.41) is 7.51. The number of fused-ring (bicyclic) bond motifs is 1. The van der Waals surface area contributed by atoms with Crippen LogP contribution in [0.2, 0.25) is 5.02 Å². The topological polar surface area (TPSA) is 55.1 Å². The van der Waals surface area contributed by atoms with Gasteiger partial charge in [0, 0.05) is 27.7 Å². The smallest absolute Gasteiger partial charge is 0.234 e. The molecule has 0 saturated heterocycles. The van der Waals surface area contributed by atoms with E-state index in [9.17, 15) is 4.79 Å². The fraction of sp³-hybridized carbons (Fsp3) is 0.333. The number of amides is 1. The van der Waals surface area contributed by atoms with Crippen LogP contribution in [0.1, 0.15) is 24.1 Å². The molecule has 0 fully saturated rings. The number of nitrogens with one attached hydrogen (secondary N) is 1. The summed E-state index contributed by atoms with van der Waals surface area (Å²) in [6.07, 6.45) is 3.40. The molecule has 1 aromatic carbocycles. The van der Waals surface area contributed by atoms with Gasteiger partial charge in [0.05, 0.1) is 5.69 Å². The molecule has 3 rings (SSSR count). The van der Waals surface area contributed by atoms with Crippen molar-refractivity contribution in [1.82, 2.24) is 5.16 Å². The molecule has 0 radical (unpaired) electrons. The number of carbonyl (C=O) groups is 1. The maximum absolute atomic E-state index is 11.9.